The monoisotopic (exact) mass is 195 g/mol. The maximum atomic E-state index is 11.2. The summed E-state index contributed by atoms with van der Waals surface area (Å²) in [5.74, 6) is 0.760. The van der Waals surface area contributed by atoms with E-state index in [1.807, 2.05) is 24.0 Å². The van der Waals surface area contributed by atoms with Crippen LogP contribution < -0.4 is 0 Å². The largest absolute Gasteiger partial charge is 0.468 e. The number of carbonyl (C=O) groups excluding carboxylic acids is 1. The lowest BCUT2D eigenvalue weighted by Crippen LogP contribution is -2.15. The van der Waals surface area contributed by atoms with Gasteiger partial charge >= 0.3 is 5.97 Å². The Kier molecular flexibility index (Phi) is 2.54. The van der Waals surface area contributed by atoms with E-state index in [0.29, 0.717) is 13.2 Å². The van der Waals surface area contributed by atoms with E-state index in [4.69, 9.17) is 9.15 Å². The summed E-state index contributed by atoms with van der Waals surface area (Å²) in [7, 11) is 0. The van der Waals surface area contributed by atoms with Crippen LogP contribution in [0.5, 0.6) is 0 Å². The van der Waals surface area contributed by atoms with Gasteiger partial charge < -0.3 is 9.15 Å². The molecule has 1 aliphatic heterocycles. The van der Waals surface area contributed by atoms with Crippen LogP contribution in [0.1, 0.15) is 12.7 Å². The van der Waals surface area contributed by atoms with Crippen molar-refractivity contribution in [2.45, 2.75) is 19.5 Å². The zero-order valence-electron chi connectivity index (χ0n) is 8.10. The van der Waals surface area contributed by atoms with Crippen LogP contribution in [0.2, 0.25) is 0 Å². The number of nitrogens with zero attached hydrogens (tertiary/aromatic N) is 1. The SMILES string of the molecule is CCOC(=O)C1CN1Cc1ccco1. The van der Waals surface area contributed by atoms with E-state index in [2.05, 4.69) is 0 Å². The van der Waals surface area contributed by atoms with Gasteiger partial charge in [-0.05, 0) is 19.1 Å². The predicted molar refractivity (Wildman–Crippen MR) is 49.5 cm³/mol. The van der Waals surface area contributed by atoms with Crippen LogP contribution in [0, 0.1) is 0 Å². The van der Waals surface area contributed by atoms with Crippen LogP contribution in [0.3, 0.4) is 0 Å². The molecule has 0 aromatic carbocycles. The van der Waals surface area contributed by atoms with Crippen LogP contribution in [-0.4, -0.2) is 30.1 Å². The fourth-order valence-electron chi connectivity index (χ4n) is 1.41. The molecule has 76 valence electrons. The fraction of sp³-hybridized carbons (Fsp3) is 0.500. The number of esters is 1. The molecule has 1 aromatic rings. The maximum Gasteiger partial charge on any atom is 0.324 e. The Morgan fingerprint density at radius 1 is 1.79 bits per heavy atom. The van der Waals surface area contributed by atoms with E-state index < -0.39 is 0 Å². The second-order valence-electron chi connectivity index (χ2n) is 3.28. The molecule has 2 rings (SSSR count). The lowest BCUT2D eigenvalue weighted by atomic mass is 10.4. The van der Waals surface area contributed by atoms with Gasteiger partial charge in [0.1, 0.15) is 11.8 Å². The highest BCUT2D eigenvalue weighted by atomic mass is 16.5. The van der Waals surface area contributed by atoms with Crippen molar-refractivity contribution in [3.63, 3.8) is 0 Å². The number of hydrogen-bond acceptors (Lipinski definition) is 4. The van der Waals surface area contributed by atoms with Gasteiger partial charge in [0.25, 0.3) is 0 Å². The minimum Gasteiger partial charge on any atom is -0.468 e. The van der Waals surface area contributed by atoms with E-state index >= 15 is 0 Å². The molecule has 2 unspecified atom stereocenters. The Labute approximate surface area is 82.4 Å². The molecule has 2 atom stereocenters. The van der Waals surface area contributed by atoms with Crippen molar-refractivity contribution in [2.75, 3.05) is 13.2 Å². The summed E-state index contributed by atoms with van der Waals surface area (Å²) in [6, 6.07) is 3.69. The summed E-state index contributed by atoms with van der Waals surface area (Å²) in [5.41, 5.74) is 0. The highest BCUT2D eigenvalue weighted by Crippen LogP contribution is 2.22. The second kappa shape index (κ2) is 3.84. The molecule has 0 bridgehead atoms. The van der Waals surface area contributed by atoms with Crippen molar-refractivity contribution in [3.05, 3.63) is 24.2 Å². The first-order chi connectivity index (χ1) is 6.81. The summed E-state index contributed by atoms with van der Waals surface area (Å²) in [6.07, 6.45) is 1.64. The van der Waals surface area contributed by atoms with Crippen molar-refractivity contribution in [1.29, 1.82) is 0 Å². The van der Waals surface area contributed by atoms with Crippen molar-refractivity contribution in [2.24, 2.45) is 0 Å². The number of hydrogen-bond donors (Lipinski definition) is 0. The van der Waals surface area contributed by atoms with Crippen molar-refractivity contribution in [1.82, 2.24) is 4.90 Å². The molecule has 1 saturated heterocycles. The molecule has 1 aromatic heterocycles. The highest BCUT2D eigenvalue weighted by Gasteiger charge is 2.41. The van der Waals surface area contributed by atoms with Gasteiger partial charge in [-0.1, -0.05) is 0 Å². The molecular formula is C10H13NO3. The van der Waals surface area contributed by atoms with Crippen LogP contribution in [0.15, 0.2) is 22.8 Å². The number of furan rings is 1. The molecule has 0 amide bonds. The Morgan fingerprint density at radius 3 is 3.29 bits per heavy atom. The minimum absolute atomic E-state index is 0.0555. The summed E-state index contributed by atoms with van der Waals surface area (Å²) in [6.45, 7) is 3.73. The first-order valence-corrected chi connectivity index (χ1v) is 4.74. The third kappa shape index (κ3) is 1.96. The smallest absolute Gasteiger partial charge is 0.324 e. The van der Waals surface area contributed by atoms with E-state index in [0.717, 1.165) is 12.3 Å². The molecular weight excluding hydrogens is 182 g/mol. The van der Waals surface area contributed by atoms with Gasteiger partial charge in [0, 0.05) is 6.54 Å². The Balaban J connectivity index is 1.79. The number of ether oxygens (including phenoxy) is 1. The predicted octanol–water partition coefficient (Wildman–Crippen LogP) is 1.03. The molecule has 1 aliphatic rings. The molecule has 0 N–H and O–H groups in total. The number of carbonyl (C=O) groups is 1. The maximum absolute atomic E-state index is 11.2. The average molecular weight is 195 g/mol. The van der Waals surface area contributed by atoms with E-state index in [1.165, 1.54) is 0 Å². The van der Waals surface area contributed by atoms with E-state index in [9.17, 15) is 4.79 Å². The first-order valence-electron chi connectivity index (χ1n) is 4.74. The Bertz CT molecular complexity index is 307. The van der Waals surface area contributed by atoms with Crippen LogP contribution in [-0.2, 0) is 16.1 Å². The van der Waals surface area contributed by atoms with Crippen molar-refractivity contribution < 1.29 is 13.9 Å². The molecule has 4 heteroatoms. The van der Waals surface area contributed by atoms with Gasteiger partial charge in [0.2, 0.25) is 0 Å². The zero-order chi connectivity index (χ0) is 9.97. The minimum atomic E-state index is -0.126. The lowest BCUT2D eigenvalue weighted by Gasteiger charge is -2.01. The molecule has 0 saturated carbocycles. The standard InChI is InChI=1S/C10H13NO3/c1-2-13-10(12)9-7-11(9)6-8-4-3-5-14-8/h3-5,9H,2,6-7H2,1H3. The Hall–Kier alpha value is -1.29. The van der Waals surface area contributed by atoms with Crippen molar-refractivity contribution >= 4 is 5.97 Å². The first kappa shape index (κ1) is 9.27. The van der Waals surface area contributed by atoms with Gasteiger partial charge in [-0.3, -0.25) is 9.69 Å². The van der Waals surface area contributed by atoms with Gasteiger partial charge in [-0.25, -0.2) is 0 Å². The summed E-state index contributed by atoms with van der Waals surface area (Å²) in [5, 5.41) is 0. The van der Waals surface area contributed by atoms with E-state index in [1.54, 1.807) is 6.26 Å². The van der Waals surface area contributed by atoms with E-state index in [-0.39, 0.29) is 12.0 Å². The molecule has 4 nitrogen and oxygen atoms in total. The normalized spacial score (nSPS) is 24.6. The molecule has 14 heavy (non-hydrogen) atoms. The topological polar surface area (TPSA) is 42.5 Å². The molecule has 2 heterocycles. The average Bonchev–Trinajstić information content (AvgIpc) is 2.72. The van der Waals surface area contributed by atoms with Crippen LogP contribution in [0.25, 0.3) is 0 Å². The highest BCUT2D eigenvalue weighted by molar-refractivity contribution is 5.79. The fourth-order valence-corrected chi connectivity index (χ4v) is 1.41. The van der Waals surface area contributed by atoms with Crippen molar-refractivity contribution in [3.8, 4) is 0 Å². The molecule has 0 radical (unpaired) electrons. The molecule has 0 spiro atoms. The van der Waals surface area contributed by atoms with Gasteiger partial charge in [-0.15, -0.1) is 0 Å². The molecule has 0 aliphatic carbocycles. The van der Waals surface area contributed by atoms with Gasteiger partial charge in [0.05, 0.1) is 19.4 Å². The quantitative estimate of drug-likeness (QED) is 0.531. The van der Waals surface area contributed by atoms with Crippen LogP contribution >= 0.6 is 0 Å². The summed E-state index contributed by atoms with van der Waals surface area (Å²) >= 11 is 0. The lowest BCUT2D eigenvalue weighted by molar-refractivity contribution is -0.143. The third-order valence-electron chi connectivity index (χ3n) is 2.21. The van der Waals surface area contributed by atoms with Crippen LogP contribution in [0.4, 0.5) is 0 Å². The zero-order valence-corrected chi connectivity index (χ0v) is 8.10. The second-order valence-corrected chi connectivity index (χ2v) is 3.28. The van der Waals surface area contributed by atoms with Gasteiger partial charge in [-0.2, -0.15) is 0 Å². The summed E-state index contributed by atoms with van der Waals surface area (Å²) < 4.78 is 10.1. The Morgan fingerprint density at radius 2 is 2.64 bits per heavy atom. The molecule has 1 fully saturated rings. The summed E-state index contributed by atoms with van der Waals surface area (Å²) in [4.78, 5) is 13.3. The third-order valence-corrected chi connectivity index (χ3v) is 2.21. The number of rotatable bonds is 4. The van der Waals surface area contributed by atoms with Gasteiger partial charge in [0.15, 0.2) is 0 Å².